The van der Waals surface area contributed by atoms with Crippen molar-refractivity contribution in [3.05, 3.63) is 30.1 Å². The molecule has 0 amide bonds. The van der Waals surface area contributed by atoms with Gasteiger partial charge < -0.3 is 5.73 Å². The van der Waals surface area contributed by atoms with Crippen molar-refractivity contribution in [2.45, 2.75) is 31.7 Å². The first-order valence-electron chi connectivity index (χ1n) is 6.72. The van der Waals surface area contributed by atoms with Crippen molar-refractivity contribution in [1.29, 1.82) is 0 Å². The number of nitrogens with zero attached hydrogens (tertiary/aromatic N) is 2. The second-order valence-corrected chi connectivity index (χ2v) is 6.95. The molecule has 0 aliphatic heterocycles. The highest BCUT2D eigenvalue weighted by Gasteiger charge is 2.32. The normalized spacial score (nSPS) is 16.5. The second kappa shape index (κ2) is 6.45. The van der Waals surface area contributed by atoms with Crippen LogP contribution in [0.3, 0.4) is 0 Å². The summed E-state index contributed by atoms with van der Waals surface area (Å²) in [5, 5.41) is 0. The monoisotopic (exact) mass is 283 g/mol. The van der Waals surface area contributed by atoms with Gasteiger partial charge in [-0.2, -0.15) is 4.31 Å². The molecule has 1 aliphatic rings. The zero-order chi connectivity index (χ0) is 13.7. The van der Waals surface area contributed by atoms with E-state index < -0.39 is 10.0 Å². The molecule has 6 heteroatoms. The number of aromatic nitrogens is 1. The standard InChI is InChI=1S/C13H21N3O2S/c14-7-10-16(13-2-1-3-13)19(17,18)11-6-12-4-8-15-9-5-12/h4-5,8-9,13H,1-3,6-7,10-11,14H2. The fourth-order valence-corrected chi connectivity index (χ4v) is 4.04. The van der Waals surface area contributed by atoms with Crippen molar-refractivity contribution >= 4 is 10.0 Å². The molecule has 19 heavy (non-hydrogen) atoms. The molecule has 0 aromatic carbocycles. The van der Waals surface area contributed by atoms with E-state index in [1.54, 1.807) is 16.7 Å². The summed E-state index contributed by atoms with van der Waals surface area (Å²) < 4.78 is 26.4. The first kappa shape index (κ1) is 14.4. The van der Waals surface area contributed by atoms with E-state index in [9.17, 15) is 8.42 Å². The van der Waals surface area contributed by atoms with Crippen LogP contribution >= 0.6 is 0 Å². The number of hydrogen-bond acceptors (Lipinski definition) is 4. The molecular formula is C13H21N3O2S. The van der Waals surface area contributed by atoms with Crippen LogP contribution in [0.4, 0.5) is 0 Å². The van der Waals surface area contributed by atoms with Crippen LogP contribution in [0.25, 0.3) is 0 Å². The third-order valence-corrected chi connectivity index (χ3v) is 5.50. The molecule has 0 saturated heterocycles. The highest BCUT2D eigenvalue weighted by atomic mass is 32.2. The highest BCUT2D eigenvalue weighted by molar-refractivity contribution is 7.89. The van der Waals surface area contributed by atoms with Crippen LogP contribution in [0.1, 0.15) is 24.8 Å². The zero-order valence-corrected chi connectivity index (χ0v) is 11.8. The summed E-state index contributed by atoms with van der Waals surface area (Å²) in [4.78, 5) is 3.93. The predicted molar refractivity (Wildman–Crippen MR) is 75.1 cm³/mol. The molecule has 0 radical (unpaired) electrons. The Bertz CT molecular complexity index is 486. The quantitative estimate of drug-likeness (QED) is 0.802. The molecule has 0 unspecified atom stereocenters. The van der Waals surface area contributed by atoms with Crippen molar-refractivity contribution in [3.63, 3.8) is 0 Å². The van der Waals surface area contributed by atoms with E-state index in [2.05, 4.69) is 4.98 Å². The Morgan fingerprint density at radius 1 is 1.32 bits per heavy atom. The van der Waals surface area contributed by atoms with Crippen LogP contribution < -0.4 is 5.73 Å². The van der Waals surface area contributed by atoms with E-state index in [1.807, 2.05) is 12.1 Å². The molecule has 1 aliphatic carbocycles. The van der Waals surface area contributed by atoms with Gasteiger partial charge in [0.15, 0.2) is 0 Å². The maximum Gasteiger partial charge on any atom is 0.214 e. The van der Waals surface area contributed by atoms with Crippen LogP contribution in [-0.4, -0.2) is 42.6 Å². The Morgan fingerprint density at radius 3 is 2.53 bits per heavy atom. The van der Waals surface area contributed by atoms with E-state index >= 15 is 0 Å². The first-order valence-corrected chi connectivity index (χ1v) is 8.33. The van der Waals surface area contributed by atoms with Crippen molar-refractivity contribution in [2.75, 3.05) is 18.8 Å². The van der Waals surface area contributed by atoms with Gasteiger partial charge in [0.25, 0.3) is 0 Å². The highest BCUT2D eigenvalue weighted by Crippen LogP contribution is 2.27. The van der Waals surface area contributed by atoms with Gasteiger partial charge in [-0.1, -0.05) is 6.42 Å². The van der Waals surface area contributed by atoms with E-state index in [-0.39, 0.29) is 11.8 Å². The third kappa shape index (κ3) is 3.75. The van der Waals surface area contributed by atoms with Crippen molar-refractivity contribution in [1.82, 2.24) is 9.29 Å². The lowest BCUT2D eigenvalue weighted by atomic mass is 9.93. The van der Waals surface area contributed by atoms with Gasteiger partial charge in [-0.15, -0.1) is 0 Å². The summed E-state index contributed by atoms with van der Waals surface area (Å²) in [5.74, 6) is 0.146. The molecule has 2 N–H and O–H groups in total. The second-order valence-electron chi connectivity index (χ2n) is 4.91. The Kier molecular flexibility index (Phi) is 4.90. The smallest absolute Gasteiger partial charge is 0.214 e. The van der Waals surface area contributed by atoms with Crippen LogP contribution in [0.5, 0.6) is 0 Å². The van der Waals surface area contributed by atoms with Gasteiger partial charge in [0.1, 0.15) is 0 Å². The topological polar surface area (TPSA) is 76.3 Å². The van der Waals surface area contributed by atoms with Gasteiger partial charge in [0.05, 0.1) is 5.75 Å². The molecule has 1 heterocycles. The van der Waals surface area contributed by atoms with Crippen molar-refractivity contribution < 1.29 is 8.42 Å². The Hall–Kier alpha value is -0.980. The molecule has 5 nitrogen and oxygen atoms in total. The fourth-order valence-electron chi connectivity index (χ4n) is 2.26. The van der Waals surface area contributed by atoms with Crippen LogP contribution in [0.15, 0.2) is 24.5 Å². The molecule has 0 bridgehead atoms. The summed E-state index contributed by atoms with van der Waals surface area (Å²) in [5.41, 5.74) is 6.54. The summed E-state index contributed by atoms with van der Waals surface area (Å²) >= 11 is 0. The molecular weight excluding hydrogens is 262 g/mol. The zero-order valence-electron chi connectivity index (χ0n) is 11.0. The summed E-state index contributed by atoms with van der Waals surface area (Å²) in [6, 6.07) is 3.88. The summed E-state index contributed by atoms with van der Waals surface area (Å²) in [6.07, 6.45) is 6.95. The first-order chi connectivity index (χ1) is 9.13. The van der Waals surface area contributed by atoms with Crippen LogP contribution in [0, 0.1) is 0 Å². The van der Waals surface area contributed by atoms with Crippen molar-refractivity contribution in [3.8, 4) is 0 Å². The maximum absolute atomic E-state index is 12.4. The molecule has 1 aromatic rings. The average Bonchev–Trinajstić information content (AvgIpc) is 2.35. The van der Waals surface area contributed by atoms with E-state index in [0.717, 1.165) is 24.8 Å². The van der Waals surface area contributed by atoms with Gasteiger partial charge in [0, 0.05) is 31.5 Å². The number of pyridine rings is 1. The third-order valence-electron chi connectivity index (χ3n) is 3.59. The lowest BCUT2D eigenvalue weighted by Crippen LogP contribution is -2.47. The van der Waals surface area contributed by atoms with Crippen LogP contribution in [-0.2, 0) is 16.4 Å². The van der Waals surface area contributed by atoms with E-state index in [0.29, 0.717) is 19.5 Å². The Labute approximate surface area is 114 Å². The number of nitrogens with two attached hydrogens (primary N) is 1. The van der Waals surface area contributed by atoms with E-state index in [4.69, 9.17) is 5.73 Å². The molecule has 1 saturated carbocycles. The SMILES string of the molecule is NCCN(C1CCC1)S(=O)(=O)CCc1ccncc1. The largest absolute Gasteiger partial charge is 0.329 e. The molecule has 1 fully saturated rings. The molecule has 2 rings (SSSR count). The van der Waals surface area contributed by atoms with Gasteiger partial charge in [0.2, 0.25) is 10.0 Å². The number of sulfonamides is 1. The Balaban J connectivity index is 1.99. The average molecular weight is 283 g/mol. The fraction of sp³-hybridized carbons (Fsp3) is 0.615. The molecule has 106 valence electrons. The summed E-state index contributed by atoms with van der Waals surface area (Å²) in [7, 11) is -3.21. The van der Waals surface area contributed by atoms with Gasteiger partial charge >= 0.3 is 0 Å². The minimum absolute atomic E-state index is 0.146. The predicted octanol–water partition coefficient (Wildman–Crippen LogP) is 0.767. The number of hydrogen-bond donors (Lipinski definition) is 1. The van der Waals surface area contributed by atoms with Crippen LogP contribution in [0.2, 0.25) is 0 Å². The summed E-state index contributed by atoms with van der Waals surface area (Å²) in [6.45, 7) is 0.814. The Morgan fingerprint density at radius 2 is 2.00 bits per heavy atom. The lowest BCUT2D eigenvalue weighted by molar-refractivity contribution is 0.223. The number of rotatable bonds is 7. The maximum atomic E-state index is 12.4. The molecule has 1 aromatic heterocycles. The van der Waals surface area contributed by atoms with Crippen molar-refractivity contribution in [2.24, 2.45) is 5.73 Å². The molecule has 0 atom stereocenters. The van der Waals surface area contributed by atoms with Gasteiger partial charge in [-0.3, -0.25) is 4.98 Å². The van der Waals surface area contributed by atoms with Gasteiger partial charge in [-0.05, 0) is 37.0 Å². The molecule has 0 spiro atoms. The van der Waals surface area contributed by atoms with Gasteiger partial charge in [-0.25, -0.2) is 8.42 Å². The number of aryl methyl sites for hydroxylation is 1. The lowest BCUT2D eigenvalue weighted by Gasteiger charge is -2.36. The minimum Gasteiger partial charge on any atom is -0.329 e. The minimum atomic E-state index is -3.21. The van der Waals surface area contributed by atoms with E-state index in [1.165, 1.54) is 0 Å².